The Hall–Kier alpha value is -3.01. The van der Waals surface area contributed by atoms with Gasteiger partial charge in [0.15, 0.2) is 0 Å². The van der Waals surface area contributed by atoms with Crippen molar-refractivity contribution in [1.82, 2.24) is 20.2 Å². The SMILES string of the molecule is Cc1cnc2ccc(-c3c[nH]nc3-c3ccccn3)cc2c1. The second-order valence-electron chi connectivity index (χ2n) is 5.28. The molecule has 0 radical (unpaired) electrons. The minimum atomic E-state index is 0.862. The van der Waals surface area contributed by atoms with E-state index in [2.05, 4.69) is 45.3 Å². The molecule has 0 spiro atoms. The summed E-state index contributed by atoms with van der Waals surface area (Å²) in [5.74, 6) is 0. The van der Waals surface area contributed by atoms with E-state index >= 15 is 0 Å². The Balaban J connectivity index is 1.88. The van der Waals surface area contributed by atoms with Crippen LogP contribution in [0.25, 0.3) is 33.4 Å². The van der Waals surface area contributed by atoms with Crippen LogP contribution in [0, 0.1) is 6.92 Å². The molecular weight excluding hydrogens is 272 g/mol. The number of aromatic amines is 1. The molecule has 0 aliphatic carbocycles. The summed E-state index contributed by atoms with van der Waals surface area (Å²) < 4.78 is 0. The van der Waals surface area contributed by atoms with Crippen LogP contribution in [0.1, 0.15) is 5.56 Å². The van der Waals surface area contributed by atoms with Crippen molar-refractivity contribution >= 4 is 10.9 Å². The highest BCUT2D eigenvalue weighted by Crippen LogP contribution is 2.30. The topological polar surface area (TPSA) is 54.5 Å². The van der Waals surface area contributed by atoms with E-state index in [1.807, 2.05) is 36.7 Å². The second kappa shape index (κ2) is 5.07. The number of nitrogens with one attached hydrogen (secondary N) is 1. The molecule has 4 rings (SSSR count). The molecule has 0 aliphatic rings. The molecule has 4 heteroatoms. The van der Waals surface area contributed by atoms with Gasteiger partial charge in [0.2, 0.25) is 0 Å². The molecule has 0 saturated carbocycles. The molecule has 4 aromatic rings. The van der Waals surface area contributed by atoms with Crippen LogP contribution < -0.4 is 0 Å². The van der Waals surface area contributed by atoms with Crippen molar-refractivity contribution in [2.75, 3.05) is 0 Å². The van der Waals surface area contributed by atoms with Gasteiger partial charge in [-0.3, -0.25) is 15.1 Å². The molecule has 22 heavy (non-hydrogen) atoms. The minimum absolute atomic E-state index is 0.862. The van der Waals surface area contributed by atoms with E-state index in [1.54, 1.807) is 6.20 Å². The molecule has 0 aliphatic heterocycles. The zero-order valence-corrected chi connectivity index (χ0v) is 12.1. The minimum Gasteiger partial charge on any atom is -0.284 e. The Morgan fingerprint density at radius 3 is 2.82 bits per heavy atom. The summed E-state index contributed by atoms with van der Waals surface area (Å²) in [7, 11) is 0. The van der Waals surface area contributed by atoms with Gasteiger partial charge in [0, 0.05) is 29.5 Å². The number of fused-ring (bicyclic) bond motifs is 1. The molecule has 0 saturated heterocycles. The standard InChI is InChI=1S/C18H14N4/c1-12-8-14-9-13(5-6-16(14)20-10-12)15-11-21-22-18(15)17-4-2-3-7-19-17/h2-11H,1H3,(H,21,22). The third-order valence-corrected chi connectivity index (χ3v) is 3.68. The molecule has 0 fully saturated rings. The maximum absolute atomic E-state index is 4.45. The number of aryl methyl sites for hydroxylation is 1. The zero-order valence-electron chi connectivity index (χ0n) is 12.1. The summed E-state index contributed by atoms with van der Waals surface area (Å²) in [5.41, 5.74) is 6.03. The van der Waals surface area contributed by atoms with Gasteiger partial charge < -0.3 is 0 Å². The van der Waals surface area contributed by atoms with Gasteiger partial charge in [-0.05, 0) is 48.4 Å². The Bertz CT molecular complexity index is 942. The van der Waals surface area contributed by atoms with Gasteiger partial charge in [-0.1, -0.05) is 12.1 Å². The van der Waals surface area contributed by atoms with Crippen LogP contribution >= 0.6 is 0 Å². The molecule has 3 aromatic heterocycles. The third kappa shape index (κ3) is 2.15. The Labute approximate surface area is 127 Å². The van der Waals surface area contributed by atoms with Gasteiger partial charge in [0.25, 0.3) is 0 Å². The van der Waals surface area contributed by atoms with Crippen molar-refractivity contribution in [1.29, 1.82) is 0 Å². The molecule has 3 heterocycles. The van der Waals surface area contributed by atoms with Crippen LogP contribution in [0.2, 0.25) is 0 Å². The summed E-state index contributed by atoms with van der Waals surface area (Å²) in [6.07, 6.45) is 5.58. The molecule has 0 atom stereocenters. The van der Waals surface area contributed by atoms with E-state index in [9.17, 15) is 0 Å². The number of aromatic nitrogens is 4. The van der Waals surface area contributed by atoms with E-state index in [-0.39, 0.29) is 0 Å². The summed E-state index contributed by atoms with van der Waals surface area (Å²) in [5, 5.41) is 8.44. The van der Waals surface area contributed by atoms with Crippen molar-refractivity contribution in [2.45, 2.75) is 6.92 Å². The van der Waals surface area contributed by atoms with Crippen LogP contribution in [-0.2, 0) is 0 Å². The number of benzene rings is 1. The van der Waals surface area contributed by atoms with Crippen LogP contribution in [0.3, 0.4) is 0 Å². The summed E-state index contributed by atoms with van der Waals surface area (Å²) in [6, 6.07) is 14.2. The number of pyridine rings is 2. The third-order valence-electron chi connectivity index (χ3n) is 3.68. The van der Waals surface area contributed by atoms with Crippen LogP contribution in [-0.4, -0.2) is 20.2 Å². The van der Waals surface area contributed by atoms with Crippen LogP contribution in [0.15, 0.2) is 61.1 Å². The maximum Gasteiger partial charge on any atom is 0.118 e. The van der Waals surface area contributed by atoms with Gasteiger partial charge in [-0.15, -0.1) is 0 Å². The van der Waals surface area contributed by atoms with E-state index in [1.165, 1.54) is 0 Å². The van der Waals surface area contributed by atoms with Gasteiger partial charge >= 0.3 is 0 Å². The Kier molecular flexibility index (Phi) is 2.93. The fourth-order valence-electron chi connectivity index (χ4n) is 2.62. The van der Waals surface area contributed by atoms with Gasteiger partial charge in [-0.2, -0.15) is 5.10 Å². The lowest BCUT2D eigenvalue weighted by Crippen LogP contribution is -1.87. The molecule has 0 bridgehead atoms. The average molecular weight is 286 g/mol. The predicted octanol–water partition coefficient (Wildman–Crippen LogP) is 4.00. The highest BCUT2D eigenvalue weighted by molar-refractivity contribution is 5.88. The first-order chi connectivity index (χ1) is 10.8. The molecule has 0 amide bonds. The van der Waals surface area contributed by atoms with Crippen molar-refractivity contribution < 1.29 is 0 Å². The lowest BCUT2D eigenvalue weighted by molar-refractivity contribution is 1.09. The van der Waals surface area contributed by atoms with Crippen molar-refractivity contribution in [2.24, 2.45) is 0 Å². The van der Waals surface area contributed by atoms with E-state index in [4.69, 9.17) is 0 Å². The van der Waals surface area contributed by atoms with Crippen molar-refractivity contribution in [3.05, 3.63) is 66.6 Å². The highest BCUT2D eigenvalue weighted by Gasteiger charge is 2.11. The van der Waals surface area contributed by atoms with Gasteiger partial charge in [-0.25, -0.2) is 0 Å². The summed E-state index contributed by atoms with van der Waals surface area (Å²) in [4.78, 5) is 8.84. The number of nitrogens with zero attached hydrogens (tertiary/aromatic N) is 3. The summed E-state index contributed by atoms with van der Waals surface area (Å²) in [6.45, 7) is 2.05. The highest BCUT2D eigenvalue weighted by atomic mass is 15.1. The largest absolute Gasteiger partial charge is 0.284 e. The molecular formula is C18H14N4. The fraction of sp³-hybridized carbons (Fsp3) is 0.0556. The number of H-pyrrole nitrogens is 1. The summed E-state index contributed by atoms with van der Waals surface area (Å²) >= 11 is 0. The van der Waals surface area contributed by atoms with Crippen molar-refractivity contribution in [3.8, 4) is 22.5 Å². The lowest BCUT2D eigenvalue weighted by Gasteiger charge is -2.05. The first-order valence-electron chi connectivity index (χ1n) is 7.13. The quantitative estimate of drug-likeness (QED) is 0.606. The van der Waals surface area contributed by atoms with E-state index in [0.717, 1.165) is 39.0 Å². The second-order valence-corrected chi connectivity index (χ2v) is 5.28. The van der Waals surface area contributed by atoms with Crippen molar-refractivity contribution in [3.63, 3.8) is 0 Å². The first kappa shape index (κ1) is 12.7. The van der Waals surface area contributed by atoms with Crippen LogP contribution in [0.5, 0.6) is 0 Å². The first-order valence-corrected chi connectivity index (χ1v) is 7.13. The number of hydrogen-bond acceptors (Lipinski definition) is 3. The smallest absolute Gasteiger partial charge is 0.118 e. The average Bonchev–Trinajstić information content (AvgIpc) is 3.04. The van der Waals surface area contributed by atoms with Crippen LogP contribution in [0.4, 0.5) is 0 Å². The molecule has 1 N–H and O–H groups in total. The predicted molar refractivity (Wildman–Crippen MR) is 87.3 cm³/mol. The Morgan fingerprint density at radius 1 is 1.00 bits per heavy atom. The fourth-order valence-corrected chi connectivity index (χ4v) is 2.62. The maximum atomic E-state index is 4.45. The molecule has 106 valence electrons. The molecule has 4 nitrogen and oxygen atoms in total. The van der Waals surface area contributed by atoms with E-state index < -0.39 is 0 Å². The lowest BCUT2D eigenvalue weighted by atomic mass is 10.0. The van der Waals surface area contributed by atoms with E-state index in [0.29, 0.717) is 0 Å². The monoisotopic (exact) mass is 286 g/mol. The zero-order chi connectivity index (χ0) is 14.9. The normalized spacial score (nSPS) is 11.0. The number of hydrogen-bond donors (Lipinski definition) is 1. The molecule has 1 aromatic carbocycles. The van der Waals surface area contributed by atoms with Gasteiger partial charge in [0.05, 0.1) is 11.2 Å². The molecule has 0 unspecified atom stereocenters. The number of rotatable bonds is 2. The van der Waals surface area contributed by atoms with Gasteiger partial charge in [0.1, 0.15) is 5.69 Å². The Morgan fingerprint density at radius 2 is 1.95 bits per heavy atom.